The molecule has 0 aromatic heterocycles. The van der Waals surface area contributed by atoms with E-state index >= 15 is 0 Å². The van der Waals surface area contributed by atoms with E-state index in [-0.39, 0.29) is 5.75 Å². The Hall–Kier alpha value is -2.43. The summed E-state index contributed by atoms with van der Waals surface area (Å²) < 4.78 is 21.0. The molecule has 1 fully saturated rings. The van der Waals surface area contributed by atoms with Gasteiger partial charge in [-0.15, -0.1) is 0 Å². The molecule has 1 aliphatic rings. The second kappa shape index (κ2) is 11.4. The Kier molecular flexibility index (Phi) is 8.92. The second-order valence-corrected chi connectivity index (χ2v) is 6.34. The molecule has 1 aromatic rings. The summed E-state index contributed by atoms with van der Waals surface area (Å²) in [5, 5.41) is 7.66. The number of nitrogens with zero attached hydrogens (tertiary/aromatic N) is 2. The van der Waals surface area contributed by atoms with Crippen molar-refractivity contribution < 1.29 is 23.7 Å². The molecule has 0 bridgehead atoms. The number of nitrogens with one attached hydrogen (secondary N) is 2. The van der Waals surface area contributed by atoms with Gasteiger partial charge in [0.25, 0.3) is 0 Å². The largest absolute Gasteiger partial charge is 0.493 e. The number of benzene rings is 1. The molecule has 9 nitrogen and oxygen atoms in total. The fourth-order valence-electron chi connectivity index (χ4n) is 2.58. The Morgan fingerprint density at radius 3 is 2.50 bits per heavy atom. The van der Waals surface area contributed by atoms with Gasteiger partial charge in [0.2, 0.25) is 5.75 Å². The molecular formula is C18H26N4O5S. The van der Waals surface area contributed by atoms with Crippen molar-refractivity contribution in [2.45, 2.75) is 6.92 Å². The summed E-state index contributed by atoms with van der Waals surface area (Å²) in [5.41, 5.74) is 3.46. The van der Waals surface area contributed by atoms with Gasteiger partial charge in [-0.25, -0.2) is 0 Å². The summed E-state index contributed by atoms with van der Waals surface area (Å²) >= 11 is 5.22. The van der Waals surface area contributed by atoms with Gasteiger partial charge < -0.3 is 24.3 Å². The molecule has 1 aromatic carbocycles. The number of hydrogen-bond donors (Lipinski definition) is 2. The van der Waals surface area contributed by atoms with Crippen molar-refractivity contribution in [1.82, 2.24) is 15.6 Å². The Morgan fingerprint density at radius 2 is 1.93 bits per heavy atom. The van der Waals surface area contributed by atoms with Crippen LogP contribution in [0.15, 0.2) is 17.2 Å². The smallest absolute Gasteiger partial charge is 0.308 e. The van der Waals surface area contributed by atoms with Gasteiger partial charge in [-0.1, -0.05) is 0 Å². The number of methoxy groups -OCH3 is 2. The molecule has 2 rings (SSSR count). The van der Waals surface area contributed by atoms with Crippen LogP contribution >= 0.6 is 12.2 Å². The maximum Gasteiger partial charge on any atom is 0.308 e. The first kappa shape index (κ1) is 21.9. The number of morpholine rings is 1. The molecule has 154 valence electrons. The fraction of sp³-hybridized carbons (Fsp3) is 0.500. The molecule has 1 heterocycles. The van der Waals surface area contributed by atoms with E-state index in [4.69, 9.17) is 31.2 Å². The van der Waals surface area contributed by atoms with E-state index in [1.54, 1.807) is 18.3 Å². The number of rotatable bonds is 8. The van der Waals surface area contributed by atoms with E-state index < -0.39 is 5.97 Å². The number of carbonyl (C=O) groups excluding carboxylic acids is 1. The van der Waals surface area contributed by atoms with Crippen LogP contribution in [-0.2, 0) is 9.53 Å². The van der Waals surface area contributed by atoms with Crippen molar-refractivity contribution in [3.05, 3.63) is 17.7 Å². The second-order valence-electron chi connectivity index (χ2n) is 5.93. The molecule has 0 saturated carbocycles. The van der Waals surface area contributed by atoms with Gasteiger partial charge in [0, 0.05) is 38.7 Å². The van der Waals surface area contributed by atoms with Crippen LogP contribution in [0.1, 0.15) is 12.5 Å². The summed E-state index contributed by atoms with van der Waals surface area (Å²) in [6, 6.07) is 3.36. The Morgan fingerprint density at radius 1 is 1.29 bits per heavy atom. The SMILES string of the molecule is COc1cc(/C=N\NC(=S)NCCN2CCOCC2)cc(OC)c1OC(C)=O. The zero-order valence-corrected chi connectivity index (χ0v) is 17.1. The van der Waals surface area contributed by atoms with Crippen molar-refractivity contribution >= 4 is 29.5 Å². The molecular weight excluding hydrogens is 384 g/mol. The maximum atomic E-state index is 11.3. The highest BCUT2D eigenvalue weighted by Gasteiger charge is 2.15. The lowest BCUT2D eigenvalue weighted by Crippen LogP contribution is -2.42. The molecule has 1 aliphatic heterocycles. The first-order valence-corrected chi connectivity index (χ1v) is 9.25. The summed E-state index contributed by atoms with van der Waals surface area (Å²) in [6.07, 6.45) is 1.57. The minimum Gasteiger partial charge on any atom is -0.493 e. The average molecular weight is 410 g/mol. The number of hydrogen-bond acceptors (Lipinski definition) is 8. The van der Waals surface area contributed by atoms with Crippen LogP contribution in [0.25, 0.3) is 0 Å². The van der Waals surface area contributed by atoms with Crippen molar-refractivity contribution in [3.63, 3.8) is 0 Å². The predicted octanol–water partition coefficient (Wildman–Crippen LogP) is 0.759. The van der Waals surface area contributed by atoms with Gasteiger partial charge in [0.05, 0.1) is 33.6 Å². The minimum absolute atomic E-state index is 0.225. The fourth-order valence-corrected chi connectivity index (χ4v) is 2.73. The number of ether oxygens (including phenoxy) is 4. The molecule has 1 saturated heterocycles. The predicted molar refractivity (Wildman–Crippen MR) is 109 cm³/mol. The van der Waals surface area contributed by atoms with Crippen LogP contribution in [0.2, 0.25) is 0 Å². The quantitative estimate of drug-likeness (QED) is 0.212. The molecule has 0 amide bonds. The zero-order valence-electron chi connectivity index (χ0n) is 16.3. The lowest BCUT2D eigenvalue weighted by Gasteiger charge is -2.26. The molecule has 0 spiro atoms. The monoisotopic (exact) mass is 410 g/mol. The average Bonchev–Trinajstić information content (AvgIpc) is 2.69. The number of carbonyl (C=O) groups is 1. The third-order valence-electron chi connectivity index (χ3n) is 3.93. The molecule has 0 atom stereocenters. The van der Waals surface area contributed by atoms with Crippen LogP contribution in [0.5, 0.6) is 17.2 Å². The Balaban J connectivity index is 1.88. The van der Waals surface area contributed by atoms with E-state index in [1.165, 1.54) is 21.1 Å². The lowest BCUT2D eigenvalue weighted by molar-refractivity contribution is -0.132. The van der Waals surface area contributed by atoms with Crippen molar-refractivity contribution in [2.24, 2.45) is 5.10 Å². The first-order valence-electron chi connectivity index (χ1n) is 8.85. The van der Waals surface area contributed by atoms with E-state index in [2.05, 4.69) is 20.7 Å². The van der Waals surface area contributed by atoms with E-state index in [1.807, 2.05) is 0 Å². The van der Waals surface area contributed by atoms with Gasteiger partial charge in [0.15, 0.2) is 16.6 Å². The summed E-state index contributed by atoms with van der Waals surface area (Å²) in [4.78, 5) is 13.6. The molecule has 0 radical (unpaired) electrons. The minimum atomic E-state index is -0.465. The Bertz CT molecular complexity index is 682. The summed E-state index contributed by atoms with van der Waals surface area (Å²) in [6.45, 7) is 6.35. The normalized spacial score (nSPS) is 14.5. The van der Waals surface area contributed by atoms with Gasteiger partial charge in [-0.2, -0.15) is 5.10 Å². The van der Waals surface area contributed by atoms with Gasteiger partial charge >= 0.3 is 5.97 Å². The lowest BCUT2D eigenvalue weighted by atomic mass is 10.2. The van der Waals surface area contributed by atoms with Crippen LogP contribution in [0.4, 0.5) is 0 Å². The topological polar surface area (TPSA) is 93.7 Å². The molecule has 0 unspecified atom stereocenters. The third kappa shape index (κ3) is 6.95. The molecule has 0 aliphatic carbocycles. The van der Waals surface area contributed by atoms with Crippen molar-refractivity contribution in [3.8, 4) is 17.2 Å². The maximum absolute atomic E-state index is 11.3. The van der Waals surface area contributed by atoms with E-state index in [0.29, 0.717) is 22.2 Å². The van der Waals surface area contributed by atoms with Gasteiger partial charge in [0.1, 0.15) is 0 Å². The van der Waals surface area contributed by atoms with Gasteiger partial charge in [-0.05, 0) is 24.4 Å². The van der Waals surface area contributed by atoms with Gasteiger partial charge in [-0.3, -0.25) is 15.1 Å². The van der Waals surface area contributed by atoms with E-state index in [0.717, 1.165) is 39.4 Å². The zero-order chi connectivity index (χ0) is 20.4. The van der Waals surface area contributed by atoms with E-state index in [9.17, 15) is 4.79 Å². The molecule has 2 N–H and O–H groups in total. The molecule has 10 heteroatoms. The first-order chi connectivity index (χ1) is 13.5. The van der Waals surface area contributed by atoms with Crippen LogP contribution < -0.4 is 25.0 Å². The van der Waals surface area contributed by atoms with Crippen LogP contribution in [-0.4, -0.2) is 75.8 Å². The highest BCUT2D eigenvalue weighted by molar-refractivity contribution is 7.80. The van der Waals surface area contributed by atoms with Crippen molar-refractivity contribution in [2.75, 3.05) is 53.6 Å². The van der Waals surface area contributed by atoms with Crippen molar-refractivity contribution in [1.29, 1.82) is 0 Å². The summed E-state index contributed by atoms with van der Waals surface area (Å²) in [7, 11) is 2.96. The highest BCUT2D eigenvalue weighted by atomic mass is 32.1. The standard InChI is InChI=1S/C18H26N4O5S/c1-13(23)27-17-15(24-2)10-14(11-16(17)25-3)12-20-21-18(28)19-4-5-22-6-8-26-9-7-22/h10-12H,4-9H2,1-3H3,(H2,19,21,28)/b20-12-. The molecule has 28 heavy (non-hydrogen) atoms. The summed E-state index contributed by atoms with van der Waals surface area (Å²) in [5.74, 6) is 0.487. The number of thiocarbonyl (C=S) groups is 1. The number of hydrazone groups is 1. The van der Waals surface area contributed by atoms with Crippen LogP contribution in [0.3, 0.4) is 0 Å². The Labute approximate surface area is 170 Å². The third-order valence-corrected chi connectivity index (χ3v) is 4.16. The van der Waals surface area contributed by atoms with Crippen LogP contribution in [0, 0.1) is 0 Å². The number of esters is 1. The highest BCUT2D eigenvalue weighted by Crippen LogP contribution is 2.38.